The Morgan fingerprint density at radius 2 is 2.23 bits per heavy atom. The van der Waals surface area contributed by atoms with Gasteiger partial charge in [0.15, 0.2) is 0 Å². The Morgan fingerprint density at radius 3 is 2.77 bits per heavy atom. The van der Waals surface area contributed by atoms with Crippen LogP contribution in [0, 0.1) is 0 Å². The third-order valence-corrected chi connectivity index (χ3v) is 2.50. The number of aliphatic hydroxyl groups excluding tert-OH is 1. The third kappa shape index (κ3) is 2.98. The zero-order valence-electron chi connectivity index (χ0n) is 7.15. The highest BCUT2D eigenvalue weighted by Gasteiger charge is 2.28. The summed E-state index contributed by atoms with van der Waals surface area (Å²) in [5, 5.41) is 11.2. The molecule has 0 radical (unpaired) electrons. The molecule has 1 aliphatic rings. The molecule has 6 heteroatoms. The molecule has 0 atom stereocenters. The summed E-state index contributed by atoms with van der Waals surface area (Å²) in [6.45, 7) is 1.49. The van der Waals surface area contributed by atoms with Crippen LogP contribution in [-0.2, 0) is 4.79 Å². The molecule has 1 heterocycles. The molecule has 0 aliphatic carbocycles. The summed E-state index contributed by atoms with van der Waals surface area (Å²) < 4.78 is 0. The lowest BCUT2D eigenvalue weighted by atomic mass is 10.5. The first-order valence-electron chi connectivity index (χ1n) is 4.04. The van der Waals surface area contributed by atoms with Crippen LogP contribution in [0.5, 0.6) is 0 Å². The first-order chi connectivity index (χ1) is 6.25. The third-order valence-electron chi connectivity index (χ3n) is 1.64. The van der Waals surface area contributed by atoms with Crippen molar-refractivity contribution < 1.29 is 14.7 Å². The van der Waals surface area contributed by atoms with Gasteiger partial charge in [0, 0.05) is 19.6 Å². The summed E-state index contributed by atoms with van der Waals surface area (Å²) in [5.41, 5.74) is 0. The van der Waals surface area contributed by atoms with Gasteiger partial charge in [-0.1, -0.05) is 11.8 Å². The highest BCUT2D eigenvalue weighted by atomic mass is 32.2. The summed E-state index contributed by atoms with van der Waals surface area (Å²) in [4.78, 5) is 23.3. The van der Waals surface area contributed by atoms with Gasteiger partial charge in [-0.2, -0.15) is 0 Å². The van der Waals surface area contributed by atoms with Crippen molar-refractivity contribution in [2.24, 2.45) is 0 Å². The lowest BCUT2D eigenvalue weighted by Crippen LogP contribution is -2.36. The summed E-state index contributed by atoms with van der Waals surface area (Å²) in [6, 6.07) is 0. The van der Waals surface area contributed by atoms with E-state index in [0.29, 0.717) is 19.6 Å². The number of hydrogen-bond donors (Lipinski definition) is 2. The Kier molecular flexibility index (Phi) is 4.20. The number of amides is 2. The molecule has 1 aliphatic heterocycles. The maximum atomic E-state index is 11.1. The first kappa shape index (κ1) is 10.5. The van der Waals surface area contributed by atoms with Gasteiger partial charge in [0.1, 0.15) is 0 Å². The highest BCUT2D eigenvalue weighted by Crippen LogP contribution is 2.17. The van der Waals surface area contributed by atoms with E-state index < -0.39 is 0 Å². The maximum absolute atomic E-state index is 11.1. The SMILES string of the molecule is O=C1CSC(=O)N1CCNCCO. The van der Waals surface area contributed by atoms with Crippen LogP contribution >= 0.6 is 11.8 Å². The smallest absolute Gasteiger partial charge is 0.288 e. The van der Waals surface area contributed by atoms with E-state index in [1.165, 1.54) is 4.90 Å². The van der Waals surface area contributed by atoms with Crippen LogP contribution in [-0.4, -0.2) is 53.1 Å². The molecule has 0 aromatic heterocycles. The van der Waals surface area contributed by atoms with Crippen molar-refractivity contribution in [3.63, 3.8) is 0 Å². The van der Waals surface area contributed by atoms with Gasteiger partial charge in [-0.3, -0.25) is 14.5 Å². The number of nitrogens with zero attached hydrogens (tertiary/aromatic N) is 1. The molecule has 2 amide bonds. The zero-order valence-corrected chi connectivity index (χ0v) is 7.97. The number of carbonyl (C=O) groups excluding carboxylic acids is 2. The lowest BCUT2D eigenvalue weighted by molar-refractivity contribution is -0.124. The van der Waals surface area contributed by atoms with Crippen LogP contribution in [0.2, 0.25) is 0 Å². The second kappa shape index (κ2) is 5.21. The van der Waals surface area contributed by atoms with Gasteiger partial charge in [0.2, 0.25) is 5.91 Å². The minimum atomic E-state index is -0.171. The van der Waals surface area contributed by atoms with Gasteiger partial charge in [-0.05, 0) is 0 Å². The number of imide groups is 1. The summed E-state index contributed by atoms with van der Waals surface area (Å²) in [7, 11) is 0. The minimum absolute atomic E-state index is 0.0661. The molecule has 0 saturated carbocycles. The number of nitrogens with one attached hydrogen (secondary N) is 1. The van der Waals surface area contributed by atoms with Crippen LogP contribution in [0.4, 0.5) is 4.79 Å². The minimum Gasteiger partial charge on any atom is -0.395 e. The van der Waals surface area contributed by atoms with Crippen LogP contribution in [0.1, 0.15) is 0 Å². The quantitative estimate of drug-likeness (QED) is 0.577. The van der Waals surface area contributed by atoms with E-state index in [-0.39, 0.29) is 23.5 Å². The fourth-order valence-electron chi connectivity index (χ4n) is 0.992. The first-order valence-corrected chi connectivity index (χ1v) is 5.03. The Morgan fingerprint density at radius 1 is 1.46 bits per heavy atom. The van der Waals surface area contributed by atoms with E-state index in [1.54, 1.807) is 0 Å². The molecule has 0 bridgehead atoms. The normalized spacial score (nSPS) is 17.2. The van der Waals surface area contributed by atoms with Crippen molar-refractivity contribution in [2.45, 2.75) is 0 Å². The molecule has 1 fully saturated rings. The van der Waals surface area contributed by atoms with E-state index in [2.05, 4.69) is 5.32 Å². The Balaban J connectivity index is 2.20. The predicted octanol–water partition coefficient (Wildman–Crippen LogP) is -0.736. The van der Waals surface area contributed by atoms with Crippen molar-refractivity contribution in [2.75, 3.05) is 32.0 Å². The largest absolute Gasteiger partial charge is 0.395 e. The van der Waals surface area contributed by atoms with Crippen LogP contribution < -0.4 is 5.32 Å². The standard InChI is InChI=1S/C7H12N2O3S/c10-4-2-8-1-3-9-6(11)5-13-7(9)12/h8,10H,1-5H2. The van der Waals surface area contributed by atoms with Gasteiger partial charge in [0.05, 0.1) is 12.4 Å². The second-order valence-corrected chi connectivity index (χ2v) is 3.50. The zero-order chi connectivity index (χ0) is 9.68. The number of hydrogen-bond acceptors (Lipinski definition) is 5. The average Bonchev–Trinajstić information content (AvgIpc) is 2.42. The van der Waals surface area contributed by atoms with Crippen molar-refractivity contribution in [1.82, 2.24) is 10.2 Å². The molecule has 0 spiro atoms. The summed E-state index contributed by atoms with van der Waals surface area (Å²) >= 11 is 1.04. The number of carbonyl (C=O) groups is 2. The Hall–Kier alpha value is -0.590. The fraction of sp³-hybridized carbons (Fsp3) is 0.714. The number of thioether (sulfide) groups is 1. The van der Waals surface area contributed by atoms with Crippen molar-refractivity contribution in [1.29, 1.82) is 0 Å². The second-order valence-electron chi connectivity index (χ2n) is 2.57. The van der Waals surface area contributed by atoms with Gasteiger partial charge < -0.3 is 10.4 Å². The van der Waals surface area contributed by atoms with E-state index >= 15 is 0 Å². The van der Waals surface area contributed by atoms with Gasteiger partial charge in [-0.25, -0.2) is 0 Å². The van der Waals surface area contributed by atoms with E-state index in [1.807, 2.05) is 0 Å². The molecule has 0 aromatic carbocycles. The molecule has 74 valence electrons. The predicted molar refractivity (Wildman–Crippen MR) is 49.5 cm³/mol. The number of aliphatic hydroxyl groups is 1. The summed E-state index contributed by atoms with van der Waals surface area (Å²) in [6.07, 6.45) is 0. The molecule has 1 saturated heterocycles. The Bertz CT molecular complexity index is 194. The molecule has 2 N–H and O–H groups in total. The van der Waals surface area contributed by atoms with Gasteiger partial charge >= 0.3 is 0 Å². The van der Waals surface area contributed by atoms with Crippen LogP contribution in [0.25, 0.3) is 0 Å². The molecule has 5 nitrogen and oxygen atoms in total. The van der Waals surface area contributed by atoms with Crippen molar-refractivity contribution in [3.05, 3.63) is 0 Å². The Labute approximate surface area is 80.5 Å². The number of rotatable bonds is 5. The van der Waals surface area contributed by atoms with Crippen LogP contribution in [0.3, 0.4) is 0 Å². The molecule has 0 aromatic rings. The lowest BCUT2D eigenvalue weighted by Gasteiger charge is -2.12. The average molecular weight is 204 g/mol. The monoisotopic (exact) mass is 204 g/mol. The topological polar surface area (TPSA) is 69.6 Å². The van der Waals surface area contributed by atoms with E-state index in [0.717, 1.165) is 11.8 Å². The maximum Gasteiger partial charge on any atom is 0.288 e. The molecule has 1 rings (SSSR count). The molecular weight excluding hydrogens is 192 g/mol. The van der Waals surface area contributed by atoms with Gasteiger partial charge in [-0.15, -0.1) is 0 Å². The van der Waals surface area contributed by atoms with Crippen molar-refractivity contribution >= 4 is 22.9 Å². The molecule has 0 unspecified atom stereocenters. The highest BCUT2D eigenvalue weighted by molar-refractivity contribution is 8.14. The van der Waals surface area contributed by atoms with E-state index in [9.17, 15) is 9.59 Å². The van der Waals surface area contributed by atoms with Gasteiger partial charge in [0.25, 0.3) is 5.24 Å². The summed E-state index contributed by atoms with van der Waals surface area (Å²) in [5.74, 6) is 0.138. The van der Waals surface area contributed by atoms with Crippen LogP contribution in [0.15, 0.2) is 0 Å². The molecular formula is C7H12N2O3S. The van der Waals surface area contributed by atoms with E-state index in [4.69, 9.17) is 5.11 Å². The molecule has 13 heavy (non-hydrogen) atoms. The fourth-order valence-corrected chi connectivity index (χ4v) is 1.74. The van der Waals surface area contributed by atoms with Crippen molar-refractivity contribution in [3.8, 4) is 0 Å².